The van der Waals surface area contributed by atoms with Crippen LogP contribution in [0.15, 0.2) is 54.6 Å². The molecule has 2 aromatic rings. The lowest BCUT2D eigenvalue weighted by Gasteiger charge is -2.27. The molecule has 0 saturated heterocycles. The average molecular weight is 324 g/mol. The first-order chi connectivity index (χ1) is 11.5. The van der Waals surface area contributed by atoms with Gasteiger partial charge in [-0.25, -0.2) is 0 Å². The predicted octanol–water partition coefficient (Wildman–Crippen LogP) is 3.76. The summed E-state index contributed by atoms with van der Waals surface area (Å²) in [5.41, 5.74) is 2.77. The Morgan fingerprint density at radius 2 is 1.62 bits per heavy atom. The maximum absolute atomic E-state index is 12.5. The number of carbonyl (C=O) groups is 2. The van der Waals surface area contributed by atoms with Gasteiger partial charge in [-0.05, 0) is 38.0 Å². The number of carbonyl (C=O) groups excluding carboxylic acids is 2. The number of amides is 2. The summed E-state index contributed by atoms with van der Waals surface area (Å²) in [5.74, 6) is -0.451. The van der Waals surface area contributed by atoms with E-state index >= 15 is 0 Å². The molecule has 0 bridgehead atoms. The fourth-order valence-corrected chi connectivity index (χ4v) is 2.49. The number of hydrogen-bond acceptors (Lipinski definition) is 2. The molecule has 0 spiro atoms. The SMILES string of the molecule is Cc1ccccc1NC(=O)CC(=O)N(Cc1ccccc1)C(C)C. The summed E-state index contributed by atoms with van der Waals surface area (Å²) in [4.78, 5) is 26.5. The molecule has 24 heavy (non-hydrogen) atoms. The standard InChI is InChI=1S/C20H24N2O2/c1-15(2)22(14-17-10-5-4-6-11-17)20(24)13-19(23)21-18-12-8-7-9-16(18)3/h4-12,15H,13-14H2,1-3H3,(H,21,23). The smallest absolute Gasteiger partial charge is 0.233 e. The quantitative estimate of drug-likeness (QED) is 0.823. The molecular weight excluding hydrogens is 300 g/mol. The first kappa shape index (κ1) is 17.7. The second-order valence-corrected chi connectivity index (χ2v) is 6.14. The second-order valence-electron chi connectivity index (χ2n) is 6.14. The van der Waals surface area contributed by atoms with Crippen molar-refractivity contribution in [1.29, 1.82) is 0 Å². The molecule has 0 aliphatic heterocycles. The Labute approximate surface area is 143 Å². The molecule has 0 heterocycles. The van der Waals surface area contributed by atoms with Crippen molar-refractivity contribution in [3.63, 3.8) is 0 Å². The van der Waals surface area contributed by atoms with Gasteiger partial charge in [0.25, 0.3) is 0 Å². The average Bonchev–Trinajstić information content (AvgIpc) is 2.55. The van der Waals surface area contributed by atoms with E-state index in [1.165, 1.54) is 0 Å². The molecule has 2 amide bonds. The third-order valence-electron chi connectivity index (χ3n) is 3.87. The lowest BCUT2D eigenvalue weighted by atomic mass is 10.1. The van der Waals surface area contributed by atoms with Crippen LogP contribution in [0.25, 0.3) is 0 Å². The van der Waals surface area contributed by atoms with Crippen LogP contribution in [-0.2, 0) is 16.1 Å². The molecular formula is C20H24N2O2. The summed E-state index contributed by atoms with van der Waals surface area (Å²) in [7, 11) is 0. The van der Waals surface area contributed by atoms with Crippen LogP contribution in [0.2, 0.25) is 0 Å². The summed E-state index contributed by atoms with van der Waals surface area (Å²) in [6, 6.07) is 17.4. The molecule has 126 valence electrons. The molecule has 0 aliphatic carbocycles. The largest absolute Gasteiger partial charge is 0.336 e. The fraction of sp³-hybridized carbons (Fsp3) is 0.300. The lowest BCUT2D eigenvalue weighted by Crippen LogP contribution is -2.38. The molecule has 0 aliphatic rings. The van der Waals surface area contributed by atoms with E-state index in [1.54, 1.807) is 4.90 Å². The number of hydrogen-bond donors (Lipinski definition) is 1. The molecule has 0 fully saturated rings. The molecule has 4 nitrogen and oxygen atoms in total. The first-order valence-corrected chi connectivity index (χ1v) is 8.16. The molecule has 0 aromatic heterocycles. The Morgan fingerprint density at radius 1 is 1.00 bits per heavy atom. The van der Waals surface area contributed by atoms with Crippen LogP contribution in [0, 0.1) is 6.92 Å². The number of aryl methyl sites for hydroxylation is 1. The van der Waals surface area contributed by atoms with Crippen molar-refractivity contribution in [3.05, 3.63) is 65.7 Å². The van der Waals surface area contributed by atoms with Gasteiger partial charge < -0.3 is 10.2 Å². The van der Waals surface area contributed by atoms with E-state index in [-0.39, 0.29) is 24.3 Å². The zero-order chi connectivity index (χ0) is 17.5. The van der Waals surface area contributed by atoms with E-state index in [0.717, 1.165) is 16.8 Å². The Bertz CT molecular complexity index is 696. The minimum absolute atomic E-state index is 0.0315. The molecule has 2 aromatic carbocycles. The van der Waals surface area contributed by atoms with Gasteiger partial charge in [0.2, 0.25) is 11.8 Å². The zero-order valence-corrected chi connectivity index (χ0v) is 14.5. The molecule has 0 radical (unpaired) electrons. The van der Waals surface area contributed by atoms with Gasteiger partial charge in [0, 0.05) is 18.3 Å². The van der Waals surface area contributed by atoms with Crippen molar-refractivity contribution < 1.29 is 9.59 Å². The van der Waals surface area contributed by atoms with E-state index in [9.17, 15) is 9.59 Å². The van der Waals surface area contributed by atoms with Crippen molar-refractivity contribution in [2.45, 2.75) is 39.8 Å². The topological polar surface area (TPSA) is 49.4 Å². The van der Waals surface area contributed by atoms with Crippen LogP contribution >= 0.6 is 0 Å². The molecule has 0 saturated carbocycles. The van der Waals surface area contributed by atoms with Gasteiger partial charge in [0.1, 0.15) is 6.42 Å². The van der Waals surface area contributed by atoms with E-state index in [2.05, 4.69) is 5.32 Å². The van der Waals surface area contributed by atoms with Crippen molar-refractivity contribution in [3.8, 4) is 0 Å². The Kier molecular flexibility index (Phi) is 6.13. The Morgan fingerprint density at radius 3 is 2.25 bits per heavy atom. The van der Waals surface area contributed by atoms with Crippen molar-refractivity contribution in [2.24, 2.45) is 0 Å². The van der Waals surface area contributed by atoms with Gasteiger partial charge in [0.05, 0.1) is 0 Å². The minimum atomic E-state index is -0.284. The van der Waals surface area contributed by atoms with E-state index < -0.39 is 0 Å². The van der Waals surface area contributed by atoms with Gasteiger partial charge in [-0.1, -0.05) is 48.5 Å². The minimum Gasteiger partial charge on any atom is -0.336 e. The van der Waals surface area contributed by atoms with Crippen LogP contribution in [0.1, 0.15) is 31.4 Å². The number of benzene rings is 2. The summed E-state index contributed by atoms with van der Waals surface area (Å²) in [5, 5.41) is 2.81. The van der Waals surface area contributed by atoms with Gasteiger partial charge in [0.15, 0.2) is 0 Å². The van der Waals surface area contributed by atoms with Crippen LogP contribution in [0.5, 0.6) is 0 Å². The van der Waals surface area contributed by atoms with E-state index in [4.69, 9.17) is 0 Å². The molecule has 0 atom stereocenters. The van der Waals surface area contributed by atoms with Crippen LogP contribution < -0.4 is 5.32 Å². The van der Waals surface area contributed by atoms with Gasteiger partial charge >= 0.3 is 0 Å². The maximum atomic E-state index is 12.5. The third-order valence-corrected chi connectivity index (χ3v) is 3.87. The lowest BCUT2D eigenvalue weighted by molar-refractivity contribution is -0.136. The Balaban J connectivity index is 2.00. The van der Waals surface area contributed by atoms with Crippen molar-refractivity contribution in [2.75, 3.05) is 5.32 Å². The van der Waals surface area contributed by atoms with Gasteiger partial charge in [-0.3, -0.25) is 9.59 Å². The highest BCUT2D eigenvalue weighted by molar-refractivity contribution is 6.03. The predicted molar refractivity (Wildman–Crippen MR) is 96.6 cm³/mol. The van der Waals surface area contributed by atoms with E-state index in [1.807, 2.05) is 75.4 Å². The summed E-state index contributed by atoms with van der Waals surface area (Å²) in [6.07, 6.45) is -0.153. The molecule has 2 rings (SSSR count). The maximum Gasteiger partial charge on any atom is 0.233 e. The van der Waals surface area contributed by atoms with Crippen molar-refractivity contribution >= 4 is 17.5 Å². The normalized spacial score (nSPS) is 10.5. The van der Waals surface area contributed by atoms with Gasteiger partial charge in [-0.15, -0.1) is 0 Å². The number of anilines is 1. The monoisotopic (exact) mass is 324 g/mol. The number of para-hydroxylation sites is 1. The van der Waals surface area contributed by atoms with Crippen LogP contribution in [0.4, 0.5) is 5.69 Å². The van der Waals surface area contributed by atoms with E-state index in [0.29, 0.717) is 6.54 Å². The molecule has 4 heteroatoms. The number of rotatable bonds is 6. The summed E-state index contributed by atoms with van der Waals surface area (Å²) in [6.45, 7) is 6.35. The molecule has 0 unspecified atom stereocenters. The van der Waals surface area contributed by atoms with Gasteiger partial charge in [-0.2, -0.15) is 0 Å². The second kappa shape index (κ2) is 8.29. The van der Waals surface area contributed by atoms with Crippen LogP contribution in [-0.4, -0.2) is 22.8 Å². The summed E-state index contributed by atoms with van der Waals surface area (Å²) < 4.78 is 0. The number of nitrogens with one attached hydrogen (secondary N) is 1. The summed E-state index contributed by atoms with van der Waals surface area (Å²) >= 11 is 0. The zero-order valence-electron chi connectivity index (χ0n) is 14.5. The van der Waals surface area contributed by atoms with Crippen molar-refractivity contribution in [1.82, 2.24) is 4.90 Å². The highest BCUT2D eigenvalue weighted by Crippen LogP contribution is 2.14. The highest BCUT2D eigenvalue weighted by Gasteiger charge is 2.20. The highest BCUT2D eigenvalue weighted by atomic mass is 16.2. The molecule has 1 N–H and O–H groups in total. The third kappa shape index (κ3) is 4.95. The fourth-order valence-electron chi connectivity index (χ4n) is 2.49. The van der Waals surface area contributed by atoms with Crippen LogP contribution in [0.3, 0.4) is 0 Å². The first-order valence-electron chi connectivity index (χ1n) is 8.16. The Hall–Kier alpha value is -2.62. The number of nitrogens with zero attached hydrogens (tertiary/aromatic N) is 1.